The zero-order valence-corrected chi connectivity index (χ0v) is 18.4. The monoisotopic (exact) mass is 482 g/mol. The third-order valence-corrected chi connectivity index (χ3v) is 7.62. The number of nitrogens with zero attached hydrogens (tertiary/aromatic N) is 5. The number of rotatable bonds is 5. The average molecular weight is 482 g/mol. The Morgan fingerprint density at radius 1 is 1.06 bits per heavy atom. The lowest BCUT2D eigenvalue weighted by Gasteiger charge is -2.18. The maximum atomic E-state index is 13.0. The van der Waals surface area contributed by atoms with Crippen molar-refractivity contribution in [3.05, 3.63) is 48.0 Å². The lowest BCUT2D eigenvalue weighted by atomic mass is 10.1. The maximum absolute atomic E-state index is 13.0. The van der Waals surface area contributed by atoms with Crippen molar-refractivity contribution < 1.29 is 27.4 Å². The first kappa shape index (κ1) is 21.0. The Hall–Kier alpha value is -3.57. The van der Waals surface area contributed by atoms with E-state index in [0.717, 1.165) is 5.56 Å². The Labute approximate surface area is 194 Å². The molecule has 2 saturated heterocycles. The van der Waals surface area contributed by atoms with E-state index in [2.05, 4.69) is 20.2 Å². The van der Waals surface area contributed by atoms with E-state index in [4.69, 9.17) is 18.9 Å². The molecule has 0 aliphatic carbocycles. The van der Waals surface area contributed by atoms with E-state index >= 15 is 0 Å². The molecule has 2 fully saturated rings. The van der Waals surface area contributed by atoms with Crippen LogP contribution in [0.2, 0.25) is 0 Å². The zero-order chi connectivity index (χ0) is 23.3. The minimum Gasteiger partial charge on any atom is -0.454 e. The van der Waals surface area contributed by atoms with Crippen LogP contribution in [0.3, 0.4) is 0 Å². The van der Waals surface area contributed by atoms with Gasteiger partial charge in [-0.25, -0.2) is 17.8 Å². The van der Waals surface area contributed by atoms with Crippen molar-refractivity contribution in [2.24, 2.45) is 0 Å². The molecular weight excluding hydrogens is 464 g/mol. The molecule has 13 heteroatoms. The van der Waals surface area contributed by atoms with Gasteiger partial charge in [0.05, 0.1) is 29.7 Å². The Kier molecular flexibility index (Phi) is 4.96. The van der Waals surface area contributed by atoms with Crippen LogP contribution in [0.4, 0.5) is 0 Å². The van der Waals surface area contributed by atoms with Gasteiger partial charge >= 0.3 is 0 Å². The van der Waals surface area contributed by atoms with Gasteiger partial charge in [0, 0.05) is 5.56 Å². The number of sulfonamides is 1. The fraction of sp³-hybridized carbons (Fsp3) is 0.333. The summed E-state index contributed by atoms with van der Waals surface area (Å²) in [6.07, 6.45) is -1.00. The van der Waals surface area contributed by atoms with Gasteiger partial charge < -0.3 is 18.9 Å². The molecule has 0 spiro atoms. The molecule has 3 aromatic rings. The van der Waals surface area contributed by atoms with E-state index in [1.807, 2.05) is 12.1 Å². The molecule has 0 bridgehead atoms. The highest BCUT2D eigenvalue weighted by Crippen LogP contribution is 2.39. The fourth-order valence-electron chi connectivity index (χ4n) is 4.49. The smallest absolute Gasteiger partial charge is 0.242 e. The number of tetrazole rings is 1. The van der Waals surface area contributed by atoms with Crippen molar-refractivity contribution >= 4 is 10.0 Å². The number of hydrogen-bond acceptors (Lipinski definition) is 10. The van der Waals surface area contributed by atoms with Gasteiger partial charge in [-0.2, -0.15) is 5.26 Å². The second kappa shape index (κ2) is 8.03. The van der Waals surface area contributed by atoms with Crippen molar-refractivity contribution in [3.63, 3.8) is 0 Å². The predicted molar refractivity (Wildman–Crippen MR) is 113 cm³/mol. The molecule has 6 rings (SSSR count). The molecule has 0 unspecified atom stereocenters. The highest BCUT2D eigenvalue weighted by Gasteiger charge is 2.50. The SMILES string of the molecule is N#Cc1ccccc1S(=O)(=O)N[C@H]1CO[C@H]2[C@@H]1OC[C@@H]2n1nnnc1-c1ccc2c(c1)OCO2. The summed E-state index contributed by atoms with van der Waals surface area (Å²) in [6.45, 7) is 0.514. The maximum Gasteiger partial charge on any atom is 0.242 e. The summed E-state index contributed by atoms with van der Waals surface area (Å²) in [4.78, 5) is -0.0823. The standard InChI is InChI=1S/C21H18N6O6S/c22-8-13-3-1-2-4-18(13)34(28,29)24-14-9-30-20-15(10-31-19(14)20)27-21(23-25-26-27)12-5-6-16-17(7-12)33-11-32-16/h1-7,14-15,19-20,24H,9-11H2/t14-,15-,19+,20+/m0/s1. The van der Waals surface area contributed by atoms with Crippen molar-refractivity contribution in [1.29, 1.82) is 5.26 Å². The zero-order valence-electron chi connectivity index (χ0n) is 17.6. The van der Waals surface area contributed by atoms with Crippen LogP contribution in [0.1, 0.15) is 11.6 Å². The van der Waals surface area contributed by atoms with Gasteiger partial charge in [-0.15, -0.1) is 5.10 Å². The molecule has 3 aliphatic heterocycles. The van der Waals surface area contributed by atoms with Gasteiger partial charge in [0.1, 0.15) is 24.3 Å². The first-order chi connectivity index (χ1) is 16.5. The van der Waals surface area contributed by atoms with Crippen molar-refractivity contribution in [3.8, 4) is 29.0 Å². The van der Waals surface area contributed by atoms with Crippen LogP contribution in [0.25, 0.3) is 11.4 Å². The van der Waals surface area contributed by atoms with E-state index in [1.54, 1.807) is 28.9 Å². The first-order valence-corrected chi connectivity index (χ1v) is 12.0. The Bertz CT molecular complexity index is 1400. The average Bonchev–Trinajstić information content (AvgIpc) is 3.63. The van der Waals surface area contributed by atoms with Crippen LogP contribution < -0.4 is 14.2 Å². The summed E-state index contributed by atoms with van der Waals surface area (Å²) >= 11 is 0. The number of aromatic nitrogens is 4. The van der Waals surface area contributed by atoms with Crippen LogP contribution >= 0.6 is 0 Å². The molecule has 0 radical (unpaired) electrons. The van der Waals surface area contributed by atoms with Gasteiger partial charge in [0.25, 0.3) is 0 Å². The number of nitrogens with one attached hydrogen (secondary N) is 1. The first-order valence-electron chi connectivity index (χ1n) is 10.5. The predicted octanol–water partition coefficient (Wildman–Crippen LogP) is 0.626. The molecule has 2 aromatic carbocycles. The fourth-order valence-corrected chi connectivity index (χ4v) is 5.88. The van der Waals surface area contributed by atoms with E-state index in [-0.39, 0.29) is 36.5 Å². The largest absolute Gasteiger partial charge is 0.454 e. The molecule has 34 heavy (non-hydrogen) atoms. The molecule has 4 heterocycles. The minimum atomic E-state index is -3.96. The van der Waals surface area contributed by atoms with E-state index in [9.17, 15) is 13.7 Å². The third-order valence-electron chi connectivity index (χ3n) is 6.07. The van der Waals surface area contributed by atoms with Crippen LogP contribution in [0.15, 0.2) is 47.4 Å². The van der Waals surface area contributed by atoms with Crippen LogP contribution in [0, 0.1) is 11.3 Å². The second-order valence-electron chi connectivity index (χ2n) is 8.01. The number of hydrogen-bond donors (Lipinski definition) is 1. The molecule has 0 saturated carbocycles. The molecule has 1 aromatic heterocycles. The molecular formula is C21H18N6O6S. The lowest BCUT2D eigenvalue weighted by molar-refractivity contribution is 0.0626. The van der Waals surface area contributed by atoms with Crippen molar-refractivity contribution in [2.75, 3.05) is 20.0 Å². The van der Waals surface area contributed by atoms with Crippen molar-refractivity contribution in [2.45, 2.75) is 29.2 Å². The highest BCUT2D eigenvalue weighted by atomic mass is 32.2. The lowest BCUT2D eigenvalue weighted by Crippen LogP contribution is -2.44. The van der Waals surface area contributed by atoms with Gasteiger partial charge in [-0.1, -0.05) is 12.1 Å². The van der Waals surface area contributed by atoms with Crippen LogP contribution in [-0.4, -0.2) is 66.9 Å². The molecule has 3 aliphatic rings. The van der Waals surface area contributed by atoms with Gasteiger partial charge in [0.15, 0.2) is 17.3 Å². The quantitative estimate of drug-likeness (QED) is 0.548. The Balaban J connectivity index is 1.23. The van der Waals surface area contributed by atoms with E-state index in [1.165, 1.54) is 12.1 Å². The topological polar surface area (TPSA) is 150 Å². The van der Waals surface area contributed by atoms with Gasteiger partial charge in [-0.3, -0.25) is 0 Å². The van der Waals surface area contributed by atoms with Gasteiger partial charge in [0.2, 0.25) is 16.8 Å². The number of fused-ring (bicyclic) bond motifs is 2. The summed E-state index contributed by atoms with van der Waals surface area (Å²) in [5.74, 6) is 1.76. The summed E-state index contributed by atoms with van der Waals surface area (Å²) in [5.41, 5.74) is 0.804. The third kappa shape index (κ3) is 3.39. The summed E-state index contributed by atoms with van der Waals surface area (Å²) in [5, 5.41) is 21.4. The molecule has 0 amide bonds. The number of ether oxygens (including phenoxy) is 4. The molecule has 174 valence electrons. The summed E-state index contributed by atoms with van der Waals surface area (Å²) in [7, 11) is -3.96. The highest BCUT2D eigenvalue weighted by molar-refractivity contribution is 7.89. The van der Waals surface area contributed by atoms with E-state index < -0.39 is 28.3 Å². The van der Waals surface area contributed by atoms with Crippen LogP contribution in [0.5, 0.6) is 11.5 Å². The van der Waals surface area contributed by atoms with E-state index in [0.29, 0.717) is 17.3 Å². The second-order valence-corrected chi connectivity index (χ2v) is 9.70. The molecule has 4 atom stereocenters. The normalized spacial score (nSPS) is 25.3. The number of nitriles is 1. The Morgan fingerprint density at radius 3 is 2.76 bits per heavy atom. The van der Waals surface area contributed by atoms with Crippen molar-refractivity contribution in [1.82, 2.24) is 24.9 Å². The summed E-state index contributed by atoms with van der Waals surface area (Å²) < 4.78 is 52.9. The molecule has 12 nitrogen and oxygen atoms in total. The van der Waals surface area contributed by atoms with Gasteiger partial charge in [-0.05, 0) is 40.8 Å². The number of benzene rings is 2. The summed E-state index contributed by atoms with van der Waals surface area (Å²) in [6, 6.07) is 12.4. The molecule has 1 N–H and O–H groups in total. The Morgan fingerprint density at radius 2 is 1.88 bits per heavy atom. The van der Waals surface area contributed by atoms with Crippen LogP contribution in [-0.2, 0) is 19.5 Å². The minimum absolute atomic E-state index is 0.0674.